The molecule has 2 rings (SSSR count). The molecule has 1 N–H and O–H groups in total. The number of halogens is 2. The first kappa shape index (κ1) is 17.7. The summed E-state index contributed by atoms with van der Waals surface area (Å²) in [5.41, 5.74) is -0.00675. The van der Waals surface area contributed by atoms with E-state index in [0.29, 0.717) is 38.3 Å². The fourth-order valence-electron chi connectivity index (χ4n) is 2.69. The van der Waals surface area contributed by atoms with Crippen LogP contribution < -0.4 is 5.32 Å². The molecule has 23 heavy (non-hydrogen) atoms. The molecule has 1 aromatic rings. The van der Waals surface area contributed by atoms with Crippen LogP contribution in [-0.4, -0.2) is 35.8 Å². The molecule has 0 unspecified atom stereocenters. The summed E-state index contributed by atoms with van der Waals surface area (Å²) >= 11 is 5.69. The molecule has 126 valence electrons. The summed E-state index contributed by atoms with van der Waals surface area (Å²) in [6, 6.07) is 3.96. The Bertz CT molecular complexity index is 584. The molecule has 6 heteroatoms. The number of carbonyl (C=O) groups excluding carboxylic acids is 2. The van der Waals surface area contributed by atoms with E-state index in [-0.39, 0.29) is 22.5 Å². The third-order valence-electron chi connectivity index (χ3n) is 3.94. The number of nitrogens with one attached hydrogen (secondary N) is 1. The van der Waals surface area contributed by atoms with E-state index in [0.717, 1.165) is 6.07 Å². The molecule has 1 heterocycles. The van der Waals surface area contributed by atoms with Gasteiger partial charge < -0.3 is 10.2 Å². The average Bonchev–Trinajstić information content (AvgIpc) is 2.47. The van der Waals surface area contributed by atoms with Gasteiger partial charge in [-0.25, -0.2) is 4.39 Å². The molecule has 0 atom stereocenters. The van der Waals surface area contributed by atoms with Crippen LogP contribution in [0.4, 0.5) is 4.39 Å². The monoisotopic (exact) mass is 340 g/mol. The van der Waals surface area contributed by atoms with Crippen molar-refractivity contribution in [2.75, 3.05) is 13.1 Å². The second-order valence-electron chi connectivity index (χ2n) is 6.35. The Kier molecular flexibility index (Phi) is 5.99. The van der Waals surface area contributed by atoms with Crippen molar-refractivity contribution in [3.63, 3.8) is 0 Å². The van der Waals surface area contributed by atoms with Crippen LogP contribution in [0.3, 0.4) is 0 Å². The standard InChI is InChI=1S/C17H22ClFN2O2/c1-11(2)9-16(22)21-7-5-13(6-8-21)20-17(23)14-4-3-12(18)10-15(14)19/h3-4,10-11,13H,5-9H2,1-2H3,(H,20,23). The minimum Gasteiger partial charge on any atom is -0.349 e. The van der Waals surface area contributed by atoms with Crippen LogP contribution in [0.15, 0.2) is 18.2 Å². The minimum absolute atomic E-state index is 0.00675. The first-order valence-corrected chi connectivity index (χ1v) is 8.28. The van der Waals surface area contributed by atoms with E-state index in [4.69, 9.17) is 11.6 Å². The van der Waals surface area contributed by atoms with Crippen LogP contribution in [-0.2, 0) is 4.79 Å². The molecule has 0 spiro atoms. The van der Waals surface area contributed by atoms with Gasteiger partial charge in [0.05, 0.1) is 5.56 Å². The number of hydrogen-bond acceptors (Lipinski definition) is 2. The van der Waals surface area contributed by atoms with Crippen molar-refractivity contribution >= 4 is 23.4 Å². The number of likely N-dealkylation sites (tertiary alicyclic amines) is 1. The van der Waals surface area contributed by atoms with Crippen molar-refractivity contribution in [3.05, 3.63) is 34.6 Å². The molecular weight excluding hydrogens is 319 g/mol. The van der Waals surface area contributed by atoms with Gasteiger partial charge in [-0.2, -0.15) is 0 Å². The van der Waals surface area contributed by atoms with Crippen LogP contribution in [0.2, 0.25) is 5.02 Å². The molecular formula is C17H22ClFN2O2. The minimum atomic E-state index is -0.625. The molecule has 0 aliphatic carbocycles. The average molecular weight is 341 g/mol. The van der Waals surface area contributed by atoms with Gasteiger partial charge in [-0.1, -0.05) is 25.4 Å². The van der Waals surface area contributed by atoms with Gasteiger partial charge >= 0.3 is 0 Å². The van der Waals surface area contributed by atoms with Gasteiger partial charge in [0.15, 0.2) is 0 Å². The van der Waals surface area contributed by atoms with E-state index in [1.54, 1.807) is 0 Å². The van der Waals surface area contributed by atoms with E-state index < -0.39 is 11.7 Å². The van der Waals surface area contributed by atoms with Crippen LogP contribution in [0, 0.1) is 11.7 Å². The number of piperidine rings is 1. The zero-order valence-corrected chi connectivity index (χ0v) is 14.2. The second kappa shape index (κ2) is 7.77. The van der Waals surface area contributed by atoms with Crippen molar-refractivity contribution in [2.24, 2.45) is 5.92 Å². The topological polar surface area (TPSA) is 49.4 Å². The van der Waals surface area contributed by atoms with E-state index in [1.165, 1.54) is 12.1 Å². The molecule has 2 amide bonds. The summed E-state index contributed by atoms with van der Waals surface area (Å²) in [6.45, 7) is 5.29. The first-order valence-electron chi connectivity index (χ1n) is 7.90. The van der Waals surface area contributed by atoms with Crippen LogP contribution in [0.25, 0.3) is 0 Å². The smallest absolute Gasteiger partial charge is 0.254 e. The van der Waals surface area contributed by atoms with Crippen molar-refractivity contribution in [1.82, 2.24) is 10.2 Å². The number of carbonyl (C=O) groups is 2. The number of hydrogen-bond donors (Lipinski definition) is 1. The highest BCUT2D eigenvalue weighted by Crippen LogP contribution is 2.17. The quantitative estimate of drug-likeness (QED) is 0.914. The van der Waals surface area contributed by atoms with E-state index in [2.05, 4.69) is 5.32 Å². The van der Waals surface area contributed by atoms with Gasteiger partial charge in [-0.3, -0.25) is 9.59 Å². The fourth-order valence-corrected chi connectivity index (χ4v) is 2.85. The van der Waals surface area contributed by atoms with Gasteiger partial charge in [-0.15, -0.1) is 0 Å². The molecule has 1 fully saturated rings. The van der Waals surface area contributed by atoms with Crippen LogP contribution in [0.1, 0.15) is 43.5 Å². The van der Waals surface area contributed by atoms with Gasteiger partial charge in [0.25, 0.3) is 5.91 Å². The highest BCUT2D eigenvalue weighted by Gasteiger charge is 2.25. The third-order valence-corrected chi connectivity index (χ3v) is 4.18. The highest BCUT2D eigenvalue weighted by molar-refractivity contribution is 6.30. The predicted molar refractivity (Wildman–Crippen MR) is 87.9 cm³/mol. The normalized spacial score (nSPS) is 15.8. The predicted octanol–water partition coefficient (Wildman–Crippen LogP) is 3.25. The Balaban J connectivity index is 1.86. The lowest BCUT2D eigenvalue weighted by molar-refractivity contribution is -0.133. The molecule has 0 aromatic heterocycles. The number of rotatable bonds is 4. The van der Waals surface area contributed by atoms with Gasteiger partial charge in [-0.05, 0) is 37.0 Å². The van der Waals surface area contributed by atoms with Crippen molar-refractivity contribution < 1.29 is 14.0 Å². The Morgan fingerprint density at radius 1 is 1.35 bits per heavy atom. The van der Waals surface area contributed by atoms with Crippen molar-refractivity contribution in [2.45, 2.75) is 39.2 Å². The molecule has 4 nitrogen and oxygen atoms in total. The summed E-state index contributed by atoms with van der Waals surface area (Å²) in [5, 5.41) is 3.10. The lowest BCUT2D eigenvalue weighted by Gasteiger charge is -2.32. The van der Waals surface area contributed by atoms with Crippen LogP contribution in [0.5, 0.6) is 0 Å². The lowest BCUT2D eigenvalue weighted by atomic mass is 10.0. The second-order valence-corrected chi connectivity index (χ2v) is 6.79. The van der Waals surface area contributed by atoms with E-state index >= 15 is 0 Å². The van der Waals surface area contributed by atoms with E-state index in [9.17, 15) is 14.0 Å². The summed E-state index contributed by atoms with van der Waals surface area (Å²) in [5.74, 6) is -0.563. The lowest BCUT2D eigenvalue weighted by Crippen LogP contribution is -2.46. The number of nitrogens with zero attached hydrogens (tertiary/aromatic N) is 1. The molecule has 1 aliphatic heterocycles. The summed E-state index contributed by atoms with van der Waals surface area (Å²) in [6.07, 6.45) is 1.92. The Hall–Kier alpha value is -1.62. The maximum Gasteiger partial charge on any atom is 0.254 e. The maximum absolute atomic E-state index is 13.7. The summed E-state index contributed by atoms with van der Waals surface area (Å²) in [4.78, 5) is 26.0. The molecule has 0 bridgehead atoms. The highest BCUT2D eigenvalue weighted by atomic mass is 35.5. The number of amides is 2. The summed E-state index contributed by atoms with van der Waals surface area (Å²) in [7, 11) is 0. The molecule has 0 saturated carbocycles. The molecule has 1 saturated heterocycles. The Labute approximate surface area is 141 Å². The summed E-state index contributed by atoms with van der Waals surface area (Å²) < 4.78 is 13.7. The first-order chi connectivity index (χ1) is 10.9. The maximum atomic E-state index is 13.7. The van der Waals surface area contributed by atoms with Crippen molar-refractivity contribution in [1.29, 1.82) is 0 Å². The number of benzene rings is 1. The zero-order chi connectivity index (χ0) is 17.0. The molecule has 1 aliphatic rings. The van der Waals surface area contributed by atoms with Crippen LogP contribution >= 0.6 is 11.6 Å². The van der Waals surface area contributed by atoms with E-state index in [1.807, 2.05) is 18.7 Å². The Morgan fingerprint density at radius 2 is 2.00 bits per heavy atom. The molecule has 0 radical (unpaired) electrons. The van der Waals surface area contributed by atoms with Crippen molar-refractivity contribution in [3.8, 4) is 0 Å². The fraction of sp³-hybridized carbons (Fsp3) is 0.529. The SMILES string of the molecule is CC(C)CC(=O)N1CCC(NC(=O)c2ccc(Cl)cc2F)CC1. The zero-order valence-electron chi connectivity index (χ0n) is 13.4. The molecule has 1 aromatic carbocycles. The van der Waals surface area contributed by atoms with Gasteiger partial charge in [0.2, 0.25) is 5.91 Å². The van der Waals surface area contributed by atoms with Gasteiger partial charge in [0.1, 0.15) is 5.82 Å². The van der Waals surface area contributed by atoms with Gasteiger partial charge in [0, 0.05) is 30.6 Å². The largest absolute Gasteiger partial charge is 0.349 e. The Morgan fingerprint density at radius 3 is 2.57 bits per heavy atom. The third kappa shape index (κ3) is 4.93.